The number of rotatable bonds is 3. The summed E-state index contributed by atoms with van der Waals surface area (Å²) in [5.74, 6) is 0.113. The topological polar surface area (TPSA) is 50.4 Å². The Morgan fingerprint density at radius 1 is 1.38 bits per heavy atom. The van der Waals surface area contributed by atoms with Crippen LogP contribution in [-0.4, -0.2) is 36.7 Å². The highest BCUT2D eigenvalue weighted by molar-refractivity contribution is 5.86. The summed E-state index contributed by atoms with van der Waals surface area (Å²) < 4.78 is 5.65. The third kappa shape index (κ3) is 2.38. The minimum Gasteiger partial charge on any atom is -0.373 e. The summed E-state index contributed by atoms with van der Waals surface area (Å²) >= 11 is 0. The summed E-state index contributed by atoms with van der Waals surface area (Å²) in [5, 5.41) is 6.29. The Kier molecular flexibility index (Phi) is 3.22. The van der Waals surface area contributed by atoms with Gasteiger partial charge in [0, 0.05) is 13.2 Å². The lowest BCUT2D eigenvalue weighted by molar-refractivity contribution is -0.127. The highest BCUT2D eigenvalue weighted by Crippen LogP contribution is 2.24. The molecular weight excluding hydrogens is 204 g/mol. The highest BCUT2D eigenvalue weighted by atomic mass is 16.5. The summed E-state index contributed by atoms with van der Waals surface area (Å²) in [4.78, 5) is 12.0. The first-order valence-electron chi connectivity index (χ1n) is 6.21. The maximum Gasteiger partial charge on any atom is 0.240 e. The zero-order valence-corrected chi connectivity index (χ0v) is 10.3. The van der Waals surface area contributed by atoms with Gasteiger partial charge in [0.25, 0.3) is 0 Å². The van der Waals surface area contributed by atoms with E-state index in [9.17, 15) is 4.79 Å². The molecule has 2 atom stereocenters. The van der Waals surface area contributed by atoms with Crippen LogP contribution in [0.4, 0.5) is 0 Å². The van der Waals surface area contributed by atoms with E-state index in [-0.39, 0.29) is 17.0 Å². The van der Waals surface area contributed by atoms with Gasteiger partial charge < -0.3 is 15.4 Å². The molecule has 2 N–H and O–H groups in total. The molecule has 0 aromatic heterocycles. The van der Waals surface area contributed by atoms with Crippen LogP contribution in [0.1, 0.15) is 39.5 Å². The van der Waals surface area contributed by atoms with Crippen molar-refractivity contribution in [3.8, 4) is 0 Å². The van der Waals surface area contributed by atoms with Gasteiger partial charge in [-0.25, -0.2) is 0 Å². The standard InChI is InChI=1S/C12H22N2O2/c1-11(5-4-8-16-11)9-13-10(15)12(2)6-3-7-14-12/h14H,3-9H2,1-2H3,(H,13,15). The van der Waals surface area contributed by atoms with Crippen LogP contribution in [0.2, 0.25) is 0 Å². The molecule has 2 heterocycles. The van der Waals surface area contributed by atoms with Crippen LogP contribution in [-0.2, 0) is 9.53 Å². The highest BCUT2D eigenvalue weighted by Gasteiger charge is 2.37. The number of amides is 1. The average molecular weight is 226 g/mol. The Hall–Kier alpha value is -0.610. The third-order valence-corrected chi connectivity index (χ3v) is 3.79. The second kappa shape index (κ2) is 4.34. The van der Waals surface area contributed by atoms with Crippen molar-refractivity contribution in [1.82, 2.24) is 10.6 Å². The Morgan fingerprint density at radius 3 is 2.75 bits per heavy atom. The van der Waals surface area contributed by atoms with Gasteiger partial charge >= 0.3 is 0 Å². The van der Waals surface area contributed by atoms with Gasteiger partial charge in [0.15, 0.2) is 0 Å². The van der Waals surface area contributed by atoms with Gasteiger partial charge in [-0.2, -0.15) is 0 Å². The molecule has 2 saturated heterocycles. The lowest BCUT2D eigenvalue weighted by Crippen LogP contribution is -2.54. The monoisotopic (exact) mass is 226 g/mol. The zero-order valence-electron chi connectivity index (χ0n) is 10.3. The van der Waals surface area contributed by atoms with Crippen molar-refractivity contribution >= 4 is 5.91 Å². The smallest absolute Gasteiger partial charge is 0.240 e. The van der Waals surface area contributed by atoms with E-state index in [0.717, 1.165) is 38.8 Å². The molecule has 4 nitrogen and oxygen atoms in total. The molecule has 4 heteroatoms. The Balaban J connectivity index is 1.83. The van der Waals surface area contributed by atoms with Crippen LogP contribution in [0.25, 0.3) is 0 Å². The lowest BCUT2D eigenvalue weighted by atomic mass is 9.98. The normalized spacial score (nSPS) is 38.9. The van der Waals surface area contributed by atoms with E-state index in [1.807, 2.05) is 6.92 Å². The second-order valence-electron chi connectivity index (χ2n) is 5.45. The molecule has 0 spiro atoms. The fourth-order valence-corrected chi connectivity index (χ4v) is 2.53. The fourth-order valence-electron chi connectivity index (χ4n) is 2.53. The Morgan fingerprint density at radius 2 is 2.19 bits per heavy atom. The summed E-state index contributed by atoms with van der Waals surface area (Å²) in [6, 6.07) is 0. The Bertz CT molecular complexity index is 266. The predicted molar refractivity (Wildman–Crippen MR) is 62.2 cm³/mol. The zero-order chi connectivity index (χ0) is 11.6. The van der Waals surface area contributed by atoms with Crippen LogP contribution in [0, 0.1) is 0 Å². The molecule has 0 aromatic rings. The molecular formula is C12H22N2O2. The molecule has 0 aromatic carbocycles. The summed E-state index contributed by atoms with van der Waals surface area (Å²) in [7, 11) is 0. The van der Waals surface area contributed by atoms with Crippen LogP contribution < -0.4 is 10.6 Å². The van der Waals surface area contributed by atoms with Crippen molar-refractivity contribution in [1.29, 1.82) is 0 Å². The maximum absolute atomic E-state index is 12.0. The predicted octanol–water partition coefficient (Wildman–Crippen LogP) is 0.814. The van der Waals surface area contributed by atoms with E-state index < -0.39 is 0 Å². The van der Waals surface area contributed by atoms with Gasteiger partial charge in [0.1, 0.15) is 0 Å². The molecule has 2 unspecified atom stereocenters. The molecule has 0 bridgehead atoms. The number of carbonyl (C=O) groups is 1. The molecule has 92 valence electrons. The molecule has 16 heavy (non-hydrogen) atoms. The van der Waals surface area contributed by atoms with Crippen molar-refractivity contribution in [2.75, 3.05) is 19.7 Å². The molecule has 0 radical (unpaired) electrons. The largest absolute Gasteiger partial charge is 0.373 e. The fraction of sp³-hybridized carbons (Fsp3) is 0.917. The van der Waals surface area contributed by atoms with Gasteiger partial charge in [0.05, 0.1) is 11.1 Å². The summed E-state index contributed by atoms with van der Waals surface area (Å²) in [6.07, 6.45) is 4.15. The summed E-state index contributed by atoms with van der Waals surface area (Å²) in [5.41, 5.74) is -0.514. The molecule has 2 rings (SSSR count). The van der Waals surface area contributed by atoms with Crippen molar-refractivity contribution in [2.24, 2.45) is 0 Å². The van der Waals surface area contributed by atoms with Crippen LogP contribution in [0.5, 0.6) is 0 Å². The van der Waals surface area contributed by atoms with Crippen LogP contribution in [0.3, 0.4) is 0 Å². The molecule has 2 aliphatic rings. The number of ether oxygens (including phenoxy) is 1. The van der Waals surface area contributed by atoms with Crippen LogP contribution in [0.15, 0.2) is 0 Å². The van der Waals surface area contributed by atoms with E-state index in [2.05, 4.69) is 17.6 Å². The number of hydrogen-bond acceptors (Lipinski definition) is 3. The number of hydrogen-bond donors (Lipinski definition) is 2. The molecule has 0 aliphatic carbocycles. The van der Waals surface area contributed by atoms with Crippen molar-refractivity contribution in [3.05, 3.63) is 0 Å². The lowest BCUT2D eigenvalue weighted by Gasteiger charge is -2.28. The van der Waals surface area contributed by atoms with Crippen molar-refractivity contribution in [3.63, 3.8) is 0 Å². The first kappa shape index (κ1) is 11.9. The van der Waals surface area contributed by atoms with E-state index in [1.165, 1.54) is 0 Å². The van der Waals surface area contributed by atoms with Gasteiger partial charge in [-0.1, -0.05) is 0 Å². The van der Waals surface area contributed by atoms with Crippen LogP contribution >= 0.6 is 0 Å². The SMILES string of the molecule is CC1(CNC(=O)C2(C)CCCN2)CCCO1. The average Bonchev–Trinajstić information content (AvgIpc) is 2.86. The molecule has 0 saturated carbocycles. The first-order chi connectivity index (χ1) is 7.54. The van der Waals surface area contributed by atoms with E-state index in [4.69, 9.17) is 4.74 Å². The molecule has 2 aliphatic heterocycles. The second-order valence-corrected chi connectivity index (χ2v) is 5.45. The van der Waals surface area contributed by atoms with Gasteiger partial charge in [-0.15, -0.1) is 0 Å². The first-order valence-corrected chi connectivity index (χ1v) is 6.21. The Labute approximate surface area is 97.1 Å². The quantitative estimate of drug-likeness (QED) is 0.749. The molecule has 2 fully saturated rings. The van der Waals surface area contributed by atoms with E-state index in [0.29, 0.717) is 6.54 Å². The maximum atomic E-state index is 12.0. The van der Waals surface area contributed by atoms with E-state index in [1.54, 1.807) is 0 Å². The van der Waals surface area contributed by atoms with Gasteiger partial charge in [0.2, 0.25) is 5.91 Å². The minimum absolute atomic E-state index is 0.113. The number of carbonyl (C=O) groups excluding carboxylic acids is 1. The minimum atomic E-state index is -0.366. The van der Waals surface area contributed by atoms with Gasteiger partial charge in [-0.05, 0) is 46.1 Å². The van der Waals surface area contributed by atoms with Crippen molar-refractivity contribution < 1.29 is 9.53 Å². The third-order valence-electron chi connectivity index (χ3n) is 3.79. The number of nitrogens with one attached hydrogen (secondary N) is 2. The van der Waals surface area contributed by atoms with Crippen molar-refractivity contribution in [2.45, 2.75) is 50.7 Å². The molecule has 1 amide bonds. The van der Waals surface area contributed by atoms with E-state index >= 15 is 0 Å². The van der Waals surface area contributed by atoms with Gasteiger partial charge in [-0.3, -0.25) is 4.79 Å². The summed E-state index contributed by atoms with van der Waals surface area (Å²) in [6.45, 7) is 6.44.